The maximum Gasteiger partial charge on any atom is 0.233 e. The van der Waals surface area contributed by atoms with Crippen LogP contribution in [0.25, 0.3) is 10.9 Å². The minimum atomic E-state index is 0.565. The van der Waals surface area contributed by atoms with Gasteiger partial charge < -0.3 is 4.74 Å². The fourth-order valence-electron chi connectivity index (χ4n) is 1.81. The average molecular weight is 315 g/mol. The summed E-state index contributed by atoms with van der Waals surface area (Å²) in [5.74, 6) is 1.29. The molecule has 0 radical (unpaired) electrons. The van der Waals surface area contributed by atoms with Crippen molar-refractivity contribution in [2.75, 3.05) is 0 Å². The summed E-state index contributed by atoms with van der Waals surface area (Å²) in [6, 6.07) is 11.7. The van der Waals surface area contributed by atoms with E-state index in [9.17, 15) is 0 Å². The lowest BCUT2D eigenvalue weighted by Crippen LogP contribution is -1.91. The molecule has 3 rings (SSSR count). The fraction of sp³-hybridized carbons (Fsp3) is 0.0667. The van der Waals surface area contributed by atoms with E-state index in [1.165, 1.54) is 0 Å². The number of aryl methyl sites for hydroxylation is 1. The smallest absolute Gasteiger partial charge is 0.233 e. The first-order valence-corrected chi connectivity index (χ1v) is 6.67. The van der Waals surface area contributed by atoms with E-state index in [1.807, 2.05) is 43.3 Å². The Labute approximate surface area is 119 Å². The van der Waals surface area contributed by atoms with Crippen molar-refractivity contribution >= 4 is 26.8 Å². The number of halogens is 1. The number of hydrogen-bond acceptors (Lipinski definition) is 3. The largest absolute Gasteiger partial charge is 0.438 e. The van der Waals surface area contributed by atoms with Gasteiger partial charge in [0, 0.05) is 23.8 Å². The summed E-state index contributed by atoms with van der Waals surface area (Å²) < 4.78 is 6.67. The molecule has 0 fully saturated rings. The van der Waals surface area contributed by atoms with Crippen LogP contribution in [0.1, 0.15) is 5.56 Å². The van der Waals surface area contributed by atoms with Crippen molar-refractivity contribution in [3.63, 3.8) is 0 Å². The number of nitrogens with zero attached hydrogens (tertiary/aromatic N) is 2. The number of hydrogen-bond donors (Lipinski definition) is 0. The Bertz CT molecular complexity index is 743. The molecule has 0 unspecified atom stereocenters. The van der Waals surface area contributed by atoms with Gasteiger partial charge in [0.05, 0.1) is 9.99 Å². The first-order valence-electron chi connectivity index (χ1n) is 5.88. The molecule has 4 heteroatoms. The van der Waals surface area contributed by atoms with Crippen LogP contribution in [0.5, 0.6) is 11.6 Å². The predicted octanol–water partition coefficient (Wildman–Crippen LogP) is 4.49. The summed E-state index contributed by atoms with van der Waals surface area (Å²) >= 11 is 3.48. The Morgan fingerprint density at radius 2 is 1.95 bits per heavy atom. The van der Waals surface area contributed by atoms with Gasteiger partial charge >= 0.3 is 0 Å². The molecule has 3 aromatic rings. The van der Waals surface area contributed by atoms with Crippen molar-refractivity contribution in [2.45, 2.75) is 6.92 Å². The van der Waals surface area contributed by atoms with Crippen molar-refractivity contribution < 1.29 is 4.74 Å². The van der Waals surface area contributed by atoms with Gasteiger partial charge in [-0.1, -0.05) is 6.07 Å². The van der Waals surface area contributed by atoms with E-state index in [0.717, 1.165) is 26.7 Å². The van der Waals surface area contributed by atoms with Gasteiger partial charge in [-0.25, -0.2) is 4.98 Å². The molecule has 0 spiro atoms. The monoisotopic (exact) mass is 314 g/mol. The van der Waals surface area contributed by atoms with Crippen LogP contribution >= 0.6 is 15.9 Å². The molecule has 0 saturated carbocycles. The molecule has 19 heavy (non-hydrogen) atoms. The molecule has 0 N–H and O–H groups in total. The number of fused-ring (bicyclic) bond motifs is 1. The molecule has 2 aromatic heterocycles. The number of pyridine rings is 2. The minimum absolute atomic E-state index is 0.565. The van der Waals surface area contributed by atoms with Gasteiger partial charge in [-0.15, -0.1) is 0 Å². The van der Waals surface area contributed by atoms with Gasteiger partial charge in [-0.2, -0.15) is 0 Å². The quantitative estimate of drug-likeness (QED) is 0.699. The number of ether oxygens (including phenoxy) is 1. The van der Waals surface area contributed by atoms with Crippen LogP contribution in [-0.2, 0) is 0 Å². The van der Waals surface area contributed by atoms with Crippen LogP contribution in [0.3, 0.4) is 0 Å². The molecule has 0 amide bonds. The molecule has 94 valence electrons. The molecule has 0 bridgehead atoms. The molecule has 0 saturated heterocycles. The van der Waals surface area contributed by atoms with E-state index in [1.54, 1.807) is 12.4 Å². The second-order valence-electron chi connectivity index (χ2n) is 4.21. The van der Waals surface area contributed by atoms with Crippen molar-refractivity contribution in [2.24, 2.45) is 0 Å². The maximum absolute atomic E-state index is 5.80. The third-order valence-electron chi connectivity index (χ3n) is 2.84. The Kier molecular flexibility index (Phi) is 3.17. The van der Waals surface area contributed by atoms with Gasteiger partial charge in [0.15, 0.2) is 0 Å². The summed E-state index contributed by atoms with van der Waals surface area (Å²) in [6.07, 6.45) is 3.50. The highest BCUT2D eigenvalue weighted by molar-refractivity contribution is 9.10. The Morgan fingerprint density at radius 3 is 2.84 bits per heavy atom. The van der Waals surface area contributed by atoms with E-state index in [0.29, 0.717) is 5.88 Å². The zero-order chi connectivity index (χ0) is 13.2. The van der Waals surface area contributed by atoms with Crippen LogP contribution in [-0.4, -0.2) is 9.97 Å². The highest BCUT2D eigenvalue weighted by Gasteiger charge is 2.07. The zero-order valence-corrected chi connectivity index (χ0v) is 11.9. The van der Waals surface area contributed by atoms with Gasteiger partial charge in [0.1, 0.15) is 5.75 Å². The second-order valence-corrected chi connectivity index (χ2v) is 5.00. The number of aromatic nitrogens is 2. The first kappa shape index (κ1) is 12.1. The van der Waals surface area contributed by atoms with Crippen molar-refractivity contribution in [1.82, 2.24) is 9.97 Å². The van der Waals surface area contributed by atoms with Gasteiger partial charge in [-0.3, -0.25) is 4.98 Å². The standard InChI is InChI=1S/C15H11BrN2O/c1-10-6-8-18-15(14(10)16)19-12-5-4-11-3-2-7-17-13(11)9-12/h2-9H,1H3. The predicted molar refractivity (Wildman–Crippen MR) is 78.5 cm³/mol. The van der Waals surface area contributed by atoms with Gasteiger partial charge in [0.25, 0.3) is 0 Å². The lowest BCUT2D eigenvalue weighted by Gasteiger charge is -2.08. The van der Waals surface area contributed by atoms with E-state index in [2.05, 4.69) is 25.9 Å². The summed E-state index contributed by atoms with van der Waals surface area (Å²) in [6.45, 7) is 2.00. The van der Waals surface area contributed by atoms with Gasteiger partial charge in [-0.05, 0) is 52.7 Å². The Balaban J connectivity index is 1.99. The molecule has 2 heterocycles. The topological polar surface area (TPSA) is 35.0 Å². The third kappa shape index (κ3) is 2.44. The molecule has 0 aliphatic rings. The third-order valence-corrected chi connectivity index (χ3v) is 3.81. The van der Waals surface area contributed by atoms with E-state index < -0.39 is 0 Å². The fourth-order valence-corrected chi connectivity index (χ4v) is 2.12. The molecular formula is C15H11BrN2O. The minimum Gasteiger partial charge on any atom is -0.438 e. The molecule has 1 aromatic carbocycles. The van der Waals surface area contributed by atoms with Crippen molar-refractivity contribution in [3.8, 4) is 11.6 Å². The van der Waals surface area contributed by atoms with E-state index in [4.69, 9.17) is 4.74 Å². The molecule has 3 nitrogen and oxygen atoms in total. The number of rotatable bonds is 2. The van der Waals surface area contributed by atoms with Crippen LogP contribution < -0.4 is 4.74 Å². The molecule has 0 aliphatic carbocycles. The molecular weight excluding hydrogens is 304 g/mol. The van der Waals surface area contributed by atoms with E-state index >= 15 is 0 Å². The van der Waals surface area contributed by atoms with Gasteiger partial charge in [0.2, 0.25) is 5.88 Å². The molecule has 0 atom stereocenters. The van der Waals surface area contributed by atoms with Crippen molar-refractivity contribution in [1.29, 1.82) is 0 Å². The second kappa shape index (κ2) is 4.97. The SMILES string of the molecule is Cc1ccnc(Oc2ccc3cccnc3c2)c1Br. The summed E-state index contributed by atoms with van der Waals surface area (Å²) in [4.78, 5) is 8.54. The summed E-state index contributed by atoms with van der Waals surface area (Å²) in [7, 11) is 0. The lowest BCUT2D eigenvalue weighted by molar-refractivity contribution is 0.459. The molecule has 0 aliphatic heterocycles. The van der Waals surface area contributed by atoms with Crippen molar-refractivity contribution in [3.05, 3.63) is 58.8 Å². The van der Waals surface area contributed by atoms with Crippen LogP contribution in [0, 0.1) is 6.92 Å². The van der Waals surface area contributed by atoms with Crippen LogP contribution in [0.4, 0.5) is 0 Å². The maximum atomic E-state index is 5.80. The highest BCUT2D eigenvalue weighted by Crippen LogP contribution is 2.30. The lowest BCUT2D eigenvalue weighted by atomic mass is 10.2. The zero-order valence-electron chi connectivity index (χ0n) is 10.3. The van der Waals surface area contributed by atoms with Crippen LogP contribution in [0.15, 0.2) is 53.3 Å². The first-order chi connectivity index (χ1) is 9.24. The summed E-state index contributed by atoms with van der Waals surface area (Å²) in [5, 5.41) is 1.09. The highest BCUT2D eigenvalue weighted by atomic mass is 79.9. The summed E-state index contributed by atoms with van der Waals surface area (Å²) in [5.41, 5.74) is 1.99. The van der Waals surface area contributed by atoms with E-state index in [-0.39, 0.29) is 0 Å². The average Bonchev–Trinajstić information content (AvgIpc) is 2.44. The number of benzene rings is 1. The normalized spacial score (nSPS) is 10.6. The van der Waals surface area contributed by atoms with Crippen LogP contribution in [0.2, 0.25) is 0 Å². The Morgan fingerprint density at radius 1 is 1.05 bits per heavy atom. The Hall–Kier alpha value is -1.94.